The van der Waals surface area contributed by atoms with Gasteiger partial charge in [0.2, 0.25) is 0 Å². The van der Waals surface area contributed by atoms with E-state index in [1.54, 1.807) is 0 Å². The van der Waals surface area contributed by atoms with Gasteiger partial charge in [-0.2, -0.15) is 0 Å². The van der Waals surface area contributed by atoms with Gasteiger partial charge in [-0.05, 0) is 38.2 Å². The number of hydrogen-bond acceptors (Lipinski definition) is 3. The molecule has 2 aliphatic rings. The smallest absolute Gasteiger partial charge is 0.0897 e. The zero-order valence-electron chi connectivity index (χ0n) is 11.7. The predicted octanol–water partition coefficient (Wildman–Crippen LogP) is 1.77. The number of nitrogens with two attached hydrogens (primary N) is 1. The normalized spacial score (nSPS) is 33.1. The van der Waals surface area contributed by atoms with E-state index in [-0.39, 0.29) is 0 Å². The van der Waals surface area contributed by atoms with Gasteiger partial charge in [0.1, 0.15) is 0 Å². The molecule has 3 N–H and O–H groups in total. The number of benzene rings is 1. The topological polar surface area (TPSA) is 49.5 Å². The summed E-state index contributed by atoms with van der Waals surface area (Å²) in [5, 5.41) is 10.8. The van der Waals surface area contributed by atoms with Gasteiger partial charge < -0.3 is 10.8 Å². The molecule has 0 unspecified atom stereocenters. The molecule has 0 atom stereocenters. The Balaban J connectivity index is 1.63. The van der Waals surface area contributed by atoms with E-state index >= 15 is 0 Å². The molecule has 104 valence electrons. The third-order valence-electron chi connectivity index (χ3n) is 4.83. The fourth-order valence-corrected chi connectivity index (χ4v) is 3.44. The first kappa shape index (κ1) is 13.1. The standard InChI is InChI=1S/C16H24N2O/c1-12-2-4-13(5-3-12)16(19)8-6-15(7-9-16)18-10-14(17)11-18/h2-5,14-15,19H,6-11,17H2,1H3. The largest absolute Gasteiger partial charge is 0.385 e. The van der Waals surface area contributed by atoms with Crippen LogP contribution in [0.15, 0.2) is 24.3 Å². The highest BCUT2D eigenvalue weighted by molar-refractivity contribution is 5.27. The number of nitrogens with zero attached hydrogens (tertiary/aromatic N) is 1. The molecule has 1 aromatic carbocycles. The van der Waals surface area contributed by atoms with Crippen molar-refractivity contribution in [3.05, 3.63) is 35.4 Å². The second-order valence-electron chi connectivity index (χ2n) is 6.34. The molecule has 1 aliphatic carbocycles. The van der Waals surface area contributed by atoms with Crippen LogP contribution in [-0.4, -0.2) is 35.2 Å². The van der Waals surface area contributed by atoms with Gasteiger partial charge in [-0.3, -0.25) is 4.90 Å². The van der Waals surface area contributed by atoms with E-state index in [1.165, 1.54) is 5.56 Å². The fraction of sp³-hybridized carbons (Fsp3) is 0.625. The molecular formula is C16H24N2O. The third-order valence-corrected chi connectivity index (χ3v) is 4.83. The van der Waals surface area contributed by atoms with Gasteiger partial charge in [0.15, 0.2) is 0 Å². The van der Waals surface area contributed by atoms with E-state index in [9.17, 15) is 5.11 Å². The van der Waals surface area contributed by atoms with E-state index in [1.807, 2.05) is 0 Å². The van der Waals surface area contributed by atoms with Gasteiger partial charge in [0, 0.05) is 25.2 Å². The highest BCUT2D eigenvalue weighted by atomic mass is 16.3. The van der Waals surface area contributed by atoms with Crippen molar-refractivity contribution in [1.29, 1.82) is 0 Å². The highest BCUT2D eigenvalue weighted by Crippen LogP contribution is 2.39. The molecular weight excluding hydrogens is 236 g/mol. The Morgan fingerprint density at radius 3 is 2.26 bits per heavy atom. The molecule has 0 bridgehead atoms. The van der Waals surface area contributed by atoms with Crippen LogP contribution in [0.4, 0.5) is 0 Å². The average molecular weight is 260 g/mol. The van der Waals surface area contributed by atoms with Crippen molar-refractivity contribution in [2.45, 2.75) is 50.3 Å². The highest BCUT2D eigenvalue weighted by Gasteiger charge is 2.39. The minimum atomic E-state index is -0.614. The first-order valence-electron chi connectivity index (χ1n) is 7.36. The average Bonchev–Trinajstić information content (AvgIpc) is 2.37. The van der Waals surface area contributed by atoms with Gasteiger partial charge in [-0.1, -0.05) is 29.8 Å². The molecule has 1 saturated heterocycles. The Morgan fingerprint density at radius 2 is 1.74 bits per heavy atom. The van der Waals surface area contributed by atoms with Crippen LogP contribution in [0, 0.1) is 6.92 Å². The van der Waals surface area contributed by atoms with E-state index in [4.69, 9.17) is 5.73 Å². The number of aliphatic hydroxyl groups is 1. The number of rotatable bonds is 2. The fourth-order valence-electron chi connectivity index (χ4n) is 3.44. The van der Waals surface area contributed by atoms with Crippen molar-refractivity contribution < 1.29 is 5.11 Å². The summed E-state index contributed by atoms with van der Waals surface area (Å²) in [6.45, 7) is 4.15. The number of hydrogen-bond donors (Lipinski definition) is 2. The summed E-state index contributed by atoms with van der Waals surface area (Å²) < 4.78 is 0. The van der Waals surface area contributed by atoms with Gasteiger partial charge in [-0.15, -0.1) is 0 Å². The molecule has 1 heterocycles. The van der Waals surface area contributed by atoms with Crippen LogP contribution < -0.4 is 5.73 Å². The van der Waals surface area contributed by atoms with E-state index < -0.39 is 5.60 Å². The molecule has 2 fully saturated rings. The van der Waals surface area contributed by atoms with Crippen molar-refractivity contribution in [2.24, 2.45) is 5.73 Å². The first-order valence-corrected chi connectivity index (χ1v) is 7.36. The summed E-state index contributed by atoms with van der Waals surface area (Å²) in [6.07, 6.45) is 3.90. The summed E-state index contributed by atoms with van der Waals surface area (Å²) in [5.41, 5.74) is 7.56. The van der Waals surface area contributed by atoms with Gasteiger partial charge in [-0.25, -0.2) is 0 Å². The molecule has 3 rings (SSSR count). The van der Waals surface area contributed by atoms with E-state index in [2.05, 4.69) is 36.1 Å². The van der Waals surface area contributed by atoms with Crippen molar-refractivity contribution in [1.82, 2.24) is 4.90 Å². The second kappa shape index (κ2) is 4.89. The predicted molar refractivity (Wildman–Crippen MR) is 76.9 cm³/mol. The Hall–Kier alpha value is -0.900. The first-order chi connectivity index (χ1) is 9.07. The summed E-state index contributed by atoms with van der Waals surface area (Å²) in [4.78, 5) is 2.47. The van der Waals surface area contributed by atoms with Crippen LogP contribution in [0.2, 0.25) is 0 Å². The van der Waals surface area contributed by atoms with Crippen LogP contribution in [0.25, 0.3) is 0 Å². The SMILES string of the molecule is Cc1ccc(C2(O)CCC(N3CC(N)C3)CC2)cc1. The molecule has 1 aliphatic heterocycles. The lowest BCUT2D eigenvalue weighted by Gasteiger charge is -2.47. The molecule has 3 heteroatoms. The molecule has 1 aromatic rings. The molecule has 3 nitrogen and oxygen atoms in total. The quantitative estimate of drug-likeness (QED) is 0.852. The summed E-state index contributed by atoms with van der Waals surface area (Å²) >= 11 is 0. The molecule has 1 saturated carbocycles. The third kappa shape index (κ3) is 2.55. The van der Waals surface area contributed by atoms with Gasteiger partial charge in [0.05, 0.1) is 5.60 Å². The lowest BCUT2D eigenvalue weighted by Crippen LogP contribution is -2.60. The van der Waals surface area contributed by atoms with Crippen molar-refractivity contribution >= 4 is 0 Å². The van der Waals surface area contributed by atoms with Crippen molar-refractivity contribution in [3.63, 3.8) is 0 Å². The molecule has 0 aromatic heterocycles. The van der Waals surface area contributed by atoms with Crippen molar-refractivity contribution in [3.8, 4) is 0 Å². The molecule has 19 heavy (non-hydrogen) atoms. The maximum absolute atomic E-state index is 10.8. The van der Waals surface area contributed by atoms with Crippen molar-refractivity contribution in [2.75, 3.05) is 13.1 Å². The minimum absolute atomic E-state index is 0.373. The van der Waals surface area contributed by atoms with Crippen LogP contribution in [-0.2, 0) is 5.60 Å². The lowest BCUT2D eigenvalue weighted by molar-refractivity contribution is -0.0376. The summed E-state index contributed by atoms with van der Waals surface area (Å²) in [6, 6.07) is 9.34. The van der Waals surface area contributed by atoms with Crippen LogP contribution in [0.1, 0.15) is 36.8 Å². The lowest BCUT2D eigenvalue weighted by atomic mass is 9.76. The van der Waals surface area contributed by atoms with Crippen LogP contribution >= 0.6 is 0 Å². The molecule has 0 radical (unpaired) electrons. The van der Waals surface area contributed by atoms with E-state index in [0.717, 1.165) is 44.3 Å². The monoisotopic (exact) mass is 260 g/mol. The summed E-state index contributed by atoms with van der Waals surface area (Å²) in [5.74, 6) is 0. The minimum Gasteiger partial charge on any atom is -0.385 e. The molecule has 0 amide bonds. The Bertz CT molecular complexity index is 429. The second-order valence-corrected chi connectivity index (χ2v) is 6.34. The zero-order valence-corrected chi connectivity index (χ0v) is 11.7. The zero-order chi connectivity index (χ0) is 13.5. The number of likely N-dealkylation sites (tertiary alicyclic amines) is 1. The Labute approximate surface area is 115 Å². The van der Waals surface area contributed by atoms with Gasteiger partial charge in [0.25, 0.3) is 0 Å². The Kier molecular flexibility index (Phi) is 3.37. The summed E-state index contributed by atoms with van der Waals surface area (Å²) in [7, 11) is 0. The maximum atomic E-state index is 10.8. The number of aryl methyl sites for hydroxylation is 1. The maximum Gasteiger partial charge on any atom is 0.0897 e. The van der Waals surface area contributed by atoms with E-state index in [0.29, 0.717) is 12.1 Å². The van der Waals surface area contributed by atoms with Gasteiger partial charge >= 0.3 is 0 Å². The molecule has 0 spiro atoms. The van der Waals surface area contributed by atoms with Crippen LogP contribution in [0.5, 0.6) is 0 Å². The Morgan fingerprint density at radius 1 is 1.16 bits per heavy atom. The van der Waals surface area contributed by atoms with Crippen LogP contribution in [0.3, 0.4) is 0 Å².